The lowest BCUT2D eigenvalue weighted by Gasteiger charge is -2.21. The normalized spacial score (nSPS) is 16.7. The summed E-state index contributed by atoms with van der Waals surface area (Å²) >= 11 is 0. The van der Waals surface area contributed by atoms with Gasteiger partial charge in [-0.3, -0.25) is 19.7 Å². The molecule has 1 atom stereocenters. The van der Waals surface area contributed by atoms with Crippen molar-refractivity contribution in [2.45, 2.75) is 25.1 Å². The standard InChI is InChI=1S/C17H16F3N3O6/c18-17(19,20)14(24)7-9-22-8-1-2-13(22)16(26)29-10-15(25)21-11-3-5-12(6-4-11)23(27)28/h3-7,9,13H,1-2,8,10H2,(H,21,25). The second-order valence-electron chi connectivity index (χ2n) is 6.03. The second-order valence-corrected chi connectivity index (χ2v) is 6.03. The highest BCUT2D eigenvalue weighted by Gasteiger charge is 2.37. The van der Waals surface area contributed by atoms with Gasteiger partial charge in [0.05, 0.1) is 4.92 Å². The SMILES string of the molecule is O=C(COC(=O)C1CCCN1C=CC(=O)C(F)(F)F)Nc1ccc([N+](=O)[O-])cc1. The van der Waals surface area contributed by atoms with Gasteiger partial charge in [0.15, 0.2) is 6.61 Å². The van der Waals surface area contributed by atoms with Crippen LogP contribution in [-0.4, -0.2) is 52.9 Å². The maximum atomic E-state index is 12.2. The van der Waals surface area contributed by atoms with Crippen LogP contribution in [0.15, 0.2) is 36.5 Å². The number of carbonyl (C=O) groups is 3. The molecule has 1 unspecified atom stereocenters. The third-order valence-corrected chi connectivity index (χ3v) is 3.97. The molecule has 1 saturated heterocycles. The molecule has 1 amide bonds. The molecule has 0 spiro atoms. The smallest absolute Gasteiger partial charge is 0.454 e. The van der Waals surface area contributed by atoms with Crippen LogP contribution in [0.2, 0.25) is 0 Å². The predicted octanol–water partition coefficient (Wildman–Crippen LogP) is 2.19. The first-order chi connectivity index (χ1) is 13.6. The number of amides is 1. The number of allylic oxidation sites excluding steroid dienone is 1. The molecule has 1 heterocycles. The Hall–Kier alpha value is -3.44. The fourth-order valence-corrected chi connectivity index (χ4v) is 2.57. The van der Waals surface area contributed by atoms with Gasteiger partial charge in [0.1, 0.15) is 6.04 Å². The van der Waals surface area contributed by atoms with E-state index in [1.165, 1.54) is 29.2 Å². The van der Waals surface area contributed by atoms with E-state index in [1.54, 1.807) is 0 Å². The van der Waals surface area contributed by atoms with Crippen molar-refractivity contribution in [3.63, 3.8) is 0 Å². The number of esters is 1. The molecule has 1 N–H and O–H groups in total. The number of carbonyl (C=O) groups excluding carboxylic acids is 3. The highest BCUT2D eigenvalue weighted by atomic mass is 19.4. The van der Waals surface area contributed by atoms with Crippen LogP contribution in [0, 0.1) is 10.1 Å². The van der Waals surface area contributed by atoms with Crippen molar-refractivity contribution in [3.05, 3.63) is 46.7 Å². The first-order valence-electron chi connectivity index (χ1n) is 8.34. The fraction of sp³-hybridized carbons (Fsp3) is 0.353. The van der Waals surface area contributed by atoms with Crippen molar-refractivity contribution in [3.8, 4) is 0 Å². The molecule has 1 aliphatic rings. The zero-order valence-electron chi connectivity index (χ0n) is 14.8. The van der Waals surface area contributed by atoms with Gasteiger partial charge in [0.25, 0.3) is 17.4 Å². The first kappa shape index (κ1) is 21.9. The Morgan fingerprint density at radius 2 is 1.93 bits per heavy atom. The van der Waals surface area contributed by atoms with Gasteiger partial charge in [-0.05, 0) is 25.0 Å². The maximum Gasteiger partial charge on any atom is 0.454 e. The predicted molar refractivity (Wildman–Crippen MR) is 92.6 cm³/mol. The van der Waals surface area contributed by atoms with Crippen molar-refractivity contribution in [1.29, 1.82) is 0 Å². The van der Waals surface area contributed by atoms with Gasteiger partial charge >= 0.3 is 12.1 Å². The molecule has 0 saturated carbocycles. The van der Waals surface area contributed by atoms with Gasteiger partial charge in [-0.2, -0.15) is 13.2 Å². The molecule has 1 aliphatic heterocycles. The first-order valence-corrected chi connectivity index (χ1v) is 8.34. The maximum absolute atomic E-state index is 12.2. The van der Waals surface area contributed by atoms with E-state index in [0.717, 1.165) is 6.20 Å². The lowest BCUT2D eigenvalue weighted by atomic mass is 10.2. The van der Waals surface area contributed by atoms with Crippen molar-refractivity contribution >= 4 is 29.0 Å². The average molecular weight is 415 g/mol. The molecule has 9 nitrogen and oxygen atoms in total. The molecule has 2 rings (SSSR count). The number of alkyl halides is 3. The minimum atomic E-state index is -5.00. The zero-order valence-corrected chi connectivity index (χ0v) is 14.8. The van der Waals surface area contributed by atoms with Crippen LogP contribution in [0.5, 0.6) is 0 Å². The number of ketones is 1. The lowest BCUT2D eigenvalue weighted by Crippen LogP contribution is -2.35. The molecule has 0 radical (unpaired) electrons. The molecule has 0 bridgehead atoms. The van der Waals surface area contributed by atoms with Gasteiger partial charge in [-0.1, -0.05) is 0 Å². The van der Waals surface area contributed by atoms with Crippen molar-refractivity contribution < 1.29 is 37.2 Å². The van der Waals surface area contributed by atoms with E-state index in [0.29, 0.717) is 18.9 Å². The summed E-state index contributed by atoms with van der Waals surface area (Å²) in [5, 5.41) is 13.0. The van der Waals surface area contributed by atoms with Gasteiger partial charge in [-0.25, -0.2) is 4.79 Å². The molecular weight excluding hydrogens is 399 g/mol. The number of benzene rings is 1. The minimum absolute atomic E-state index is 0.159. The molecule has 156 valence electrons. The molecule has 29 heavy (non-hydrogen) atoms. The Morgan fingerprint density at radius 3 is 2.52 bits per heavy atom. The highest BCUT2D eigenvalue weighted by Crippen LogP contribution is 2.21. The van der Waals surface area contributed by atoms with E-state index in [1.807, 2.05) is 0 Å². The van der Waals surface area contributed by atoms with Crippen LogP contribution >= 0.6 is 0 Å². The van der Waals surface area contributed by atoms with E-state index in [9.17, 15) is 37.7 Å². The molecule has 12 heteroatoms. The van der Waals surface area contributed by atoms with Gasteiger partial charge in [-0.15, -0.1) is 0 Å². The van der Waals surface area contributed by atoms with Crippen molar-refractivity contribution in [2.24, 2.45) is 0 Å². The summed E-state index contributed by atoms with van der Waals surface area (Å²) in [6, 6.07) is 4.08. The second kappa shape index (κ2) is 9.17. The number of ether oxygens (including phenoxy) is 1. The molecule has 1 aromatic carbocycles. The highest BCUT2D eigenvalue weighted by molar-refractivity contribution is 5.94. The monoisotopic (exact) mass is 415 g/mol. The summed E-state index contributed by atoms with van der Waals surface area (Å²) in [4.78, 5) is 46.1. The third-order valence-electron chi connectivity index (χ3n) is 3.97. The molecule has 0 aliphatic carbocycles. The number of hydrogen-bond donors (Lipinski definition) is 1. The van der Waals surface area contributed by atoms with E-state index < -0.39 is 41.4 Å². The zero-order chi connectivity index (χ0) is 21.6. The molecule has 1 aromatic rings. The lowest BCUT2D eigenvalue weighted by molar-refractivity contribution is -0.384. The average Bonchev–Trinajstić information content (AvgIpc) is 3.12. The van der Waals surface area contributed by atoms with Crippen LogP contribution < -0.4 is 5.32 Å². The Labute approximate surface area is 162 Å². The Balaban J connectivity index is 1.85. The molecule has 0 aromatic heterocycles. The Kier molecular flexibility index (Phi) is 6.91. The summed E-state index contributed by atoms with van der Waals surface area (Å²) in [7, 11) is 0. The topological polar surface area (TPSA) is 119 Å². The molecular formula is C17H16F3N3O6. The van der Waals surface area contributed by atoms with Crippen molar-refractivity contribution in [2.75, 3.05) is 18.5 Å². The largest absolute Gasteiger partial charge is 0.454 e. The summed E-state index contributed by atoms with van der Waals surface area (Å²) in [5.74, 6) is -3.55. The van der Waals surface area contributed by atoms with Crippen LogP contribution in [0.3, 0.4) is 0 Å². The summed E-state index contributed by atoms with van der Waals surface area (Å²) in [6.07, 6.45) is -2.96. The number of nitro groups is 1. The quantitative estimate of drug-likeness (QED) is 0.314. The third kappa shape index (κ3) is 6.30. The number of nitrogens with zero attached hydrogens (tertiary/aromatic N) is 2. The van der Waals surface area contributed by atoms with Crippen LogP contribution in [0.25, 0.3) is 0 Å². The number of anilines is 1. The Morgan fingerprint density at radius 1 is 1.28 bits per heavy atom. The summed E-state index contributed by atoms with van der Waals surface area (Å²) in [6.45, 7) is -0.387. The van der Waals surface area contributed by atoms with Crippen molar-refractivity contribution in [1.82, 2.24) is 4.90 Å². The van der Waals surface area contributed by atoms with E-state index in [2.05, 4.69) is 5.32 Å². The summed E-state index contributed by atoms with van der Waals surface area (Å²) < 4.78 is 41.6. The van der Waals surface area contributed by atoms with E-state index >= 15 is 0 Å². The van der Waals surface area contributed by atoms with Crippen LogP contribution in [0.4, 0.5) is 24.5 Å². The van der Waals surface area contributed by atoms with Crippen LogP contribution in [0.1, 0.15) is 12.8 Å². The van der Waals surface area contributed by atoms with Gasteiger partial charge in [0, 0.05) is 36.6 Å². The molecule has 1 fully saturated rings. The number of likely N-dealkylation sites (tertiary alicyclic amines) is 1. The number of nitro benzene ring substituents is 1. The van der Waals surface area contributed by atoms with Crippen LogP contribution in [-0.2, 0) is 19.1 Å². The number of hydrogen-bond acceptors (Lipinski definition) is 7. The van der Waals surface area contributed by atoms with E-state index in [4.69, 9.17) is 4.74 Å². The summed E-state index contributed by atoms with van der Waals surface area (Å²) in [5.41, 5.74) is 0.0977. The Bertz CT molecular complexity index is 823. The van der Waals surface area contributed by atoms with E-state index in [-0.39, 0.29) is 17.9 Å². The number of nitrogens with one attached hydrogen (secondary N) is 1. The number of rotatable bonds is 7. The minimum Gasteiger partial charge on any atom is -0.454 e. The number of halogens is 3. The van der Waals surface area contributed by atoms with Gasteiger partial charge < -0.3 is 15.0 Å². The van der Waals surface area contributed by atoms with Gasteiger partial charge in [0.2, 0.25) is 0 Å². The fourth-order valence-electron chi connectivity index (χ4n) is 2.57. The number of non-ortho nitro benzene ring substituents is 1.